The number of nitrogens with zero attached hydrogens (tertiary/aromatic N) is 2. The van der Waals surface area contributed by atoms with E-state index in [-0.39, 0.29) is 11.2 Å². The van der Waals surface area contributed by atoms with Crippen molar-refractivity contribution in [1.82, 2.24) is 9.78 Å². The summed E-state index contributed by atoms with van der Waals surface area (Å²) in [4.78, 5) is 0. The quantitative estimate of drug-likeness (QED) is 0.721. The molecule has 0 radical (unpaired) electrons. The first-order valence-electron chi connectivity index (χ1n) is 9.29. The Morgan fingerprint density at radius 2 is 1.89 bits per heavy atom. The van der Waals surface area contributed by atoms with Gasteiger partial charge in [0.2, 0.25) is 0 Å². The summed E-state index contributed by atoms with van der Waals surface area (Å²) in [5, 5.41) is 15.3. The minimum Gasteiger partial charge on any atom is -0.392 e. The molecule has 4 rings (SSSR count). The predicted octanol–water partition coefficient (Wildman–Crippen LogP) is 4.58. The van der Waals surface area contributed by atoms with Crippen LogP contribution in [-0.2, 0) is 12.8 Å². The molecule has 3 aromatic rings. The molecule has 27 heavy (non-hydrogen) atoms. The van der Waals surface area contributed by atoms with Gasteiger partial charge < -0.3 is 5.11 Å². The van der Waals surface area contributed by atoms with Crippen molar-refractivity contribution >= 4 is 6.08 Å². The average molecular weight is 362 g/mol. The third-order valence-corrected chi connectivity index (χ3v) is 5.46. The average Bonchev–Trinajstić information content (AvgIpc) is 3.10. The molecule has 0 saturated carbocycles. The van der Waals surface area contributed by atoms with Crippen LogP contribution in [0.1, 0.15) is 30.2 Å². The second-order valence-electron chi connectivity index (χ2n) is 7.50. The van der Waals surface area contributed by atoms with Crippen LogP contribution in [0.5, 0.6) is 0 Å². The third kappa shape index (κ3) is 3.58. The van der Waals surface area contributed by atoms with Gasteiger partial charge in [0.15, 0.2) is 0 Å². The third-order valence-electron chi connectivity index (χ3n) is 5.46. The fraction of sp³-hybridized carbons (Fsp3) is 0.261. The summed E-state index contributed by atoms with van der Waals surface area (Å²) in [5.74, 6) is -0.260. The fourth-order valence-electron chi connectivity index (χ4n) is 3.74. The minimum absolute atomic E-state index is 0.260. The lowest BCUT2D eigenvalue weighted by atomic mass is 9.74. The van der Waals surface area contributed by atoms with Gasteiger partial charge in [0.05, 0.1) is 23.7 Å². The Morgan fingerprint density at radius 1 is 1.15 bits per heavy atom. The van der Waals surface area contributed by atoms with E-state index in [2.05, 4.69) is 30.2 Å². The summed E-state index contributed by atoms with van der Waals surface area (Å²) < 4.78 is 15.0. The number of rotatable bonds is 5. The molecule has 0 aliphatic heterocycles. The Hall–Kier alpha value is -2.72. The van der Waals surface area contributed by atoms with Gasteiger partial charge in [0.25, 0.3) is 0 Å². The molecule has 2 atom stereocenters. The zero-order valence-electron chi connectivity index (χ0n) is 15.3. The Balaban J connectivity index is 1.51. The van der Waals surface area contributed by atoms with Gasteiger partial charge in [-0.3, -0.25) is 0 Å². The predicted molar refractivity (Wildman–Crippen MR) is 105 cm³/mol. The van der Waals surface area contributed by atoms with Crippen LogP contribution in [0.3, 0.4) is 0 Å². The van der Waals surface area contributed by atoms with Crippen molar-refractivity contribution in [1.29, 1.82) is 0 Å². The largest absolute Gasteiger partial charge is 0.392 e. The molecular formula is C23H23FN2O. The van der Waals surface area contributed by atoms with Gasteiger partial charge in [-0.25, -0.2) is 9.07 Å². The van der Waals surface area contributed by atoms with Crippen LogP contribution >= 0.6 is 0 Å². The molecule has 0 fully saturated rings. The number of aliphatic hydroxyl groups excluding tert-OH is 1. The molecule has 138 valence electrons. The highest BCUT2D eigenvalue weighted by atomic mass is 19.1. The zero-order valence-corrected chi connectivity index (χ0v) is 15.3. The van der Waals surface area contributed by atoms with Crippen LogP contribution in [0, 0.1) is 11.2 Å². The summed E-state index contributed by atoms with van der Waals surface area (Å²) in [6, 6.07) is 16.6. The van der Waals surface area contributed by atoms with E-state index in [1.54, 1.807) is 12.1 Å². The number of fused-ring (bicyclic) bond motifs is 1. The van der Waals surface area contributed by atoms with Crippen LogP contribution in [-0.4, -0.2) is 21.0 Å². The lowest BCUT2D eigenvalue weighted by molar-refractivity contribution is 0.0625. The summed E-state index contributed by atoms with van der Waals surface area (Å²) >= 11 is 0. The Kier molecular flexibility index (Phi) is 4.66. The first-order chi connectivity index (χ1) is 13.0. The zero-order chi connectivity index (χ0) is 18.9. The molecular weight excluding hydrogens is 339 g/mol. The molecule has 1 aliphatic rings. The van der Waals surface area contributed by atoms with Crippen molar-refractivity contribution in [2.45, 2.75) is 32.3 Å². The van der Waals surface area contributed by atoms with Crippen LogP contribution in [0.15, 0.2) is 66.9 Å². The molecule has 1 unspecified atom stereocenters. The van der Waals surface area contributed by atoms with Gasteiger partial charge in [0, 0.05) is 5.41 Å². The molecule has 0 bridgehead atoms. The van der Waals surface area contributed by atoms with Crippen LogP contribution in [0.4, 0.5) is 4.39 Å². The first-order valence-corrected chi connectivity index (χ1v) is 9.29. The number of hydrogen-bond donors (Lipinski definition) is 1. The van der Waals surface area contributed by atoms with Crippen LogP contribution in [0.2, 0.25) is 0 Å². The van der Waals surface area contributed by atoms with Crippen LogP contribution < -0.4 is 0 Å². The highest BCUT2D eigenvalue weighted by Gasteiger charge is 2.34. The van der Waals surface area contributed by atoms with Gasteiger partial charge in [0.1, 0.15) is 5.82 Å². The van der Waals surface area contributed by atoms with Crippen molar-refractivity contribution in [2.24, 2.45) is 5.41 Å². The molecule has 0 spiro atoms. The number of halogens is 1. The molecule has 0 saturated heterocycles. The van der Waals surface area contributed by atoms with Gasteiger partial charge in [-0.1, -0.05) is 43.3 Å². The molecule has 1 aliphatic carbocycles. The summed E-state index contributed by atoms with van der Waals surface area (Å²) in [6.45, 7) is 2.09. The van der Waals surface area contributed by atoms with E-state index >= 15 is 0 Å². The Bertz CT molecular complexity index is 946. The lowest BCUT2D eigenvalue weighted by Gasteiger charge is -2.34. The van der Waals surface area contributed by atoms with E-state index in [0.29, 0.717) is 6.42 Å². The van der Waals surface area contributed by atoms with Gasteiger partial charge in [-0.2, -0.15) is 5.10 Å². The Morgan fingerprint density at radius 3 is 2.63 bits per heavy atom. The van der Waals surface area contributed by atoms with Crippen LogP contribution in [0.25, 0.3) is 11.8 Å². The molecule has 4 heteroatoms. The van der Waals surface area contributed by atoms with E-state index in [1.807, 2.05) is 35.2 Å². The maximum atomic E-state index is 13.2. The number of aromatic nitrogens is 2. The number of benzene rings is 2. The second kappa shape index (κ2) is 7.12. The maximum Gasteiger partial charge on any atom is 0.123 e. The molecule has 2 aromatic carbocycles. The van der Waals surface area contributed by atoms with Crippen molar-refractivity contribution < 1.29 is 9.50 Å². The SMILES string of the molecule is C[C@@]1(C(O)CCc2ccccc2)C=Cc2c(cnn2-c2ccc(F)cc2)C1. The second-order valence-corrected chi connectivity index (χ2v) is 7.50. The molecule has 3 nitrogen and oxygen atoms in total. The van der Waals surface area contributed by atoms with Crippen molar-refractivity contribution in [2.75, 3.05) is 0 Å². The molecule has 0 amide bonds. The highest BCUT2D eigenvalue weighted by molar-refractivity contribution is 5.57. The van der Waals surface area contributed by atoms with E-state index in [4.69, 9.17) is 0 Å². The topological polar surface area (TPSA) is 38.1 Å². The van der Waals surface area contributed by atoms with E-state index in [1.165, 1.54) is 17.7 Å². The van der Waals surface area contributed by atoms with E-state index in [0.717, 1.165) is 29.8 Å². The highest BCUT2D eigenvalue weighted by Crippen LogP contribution is 2.37. The number of aliphatic hydroxyl groups is 1. The summed E-state index contributed by atoms with van der Waals surface area (Å²) in [7, 11) is 0. The minimum atomic E-state index is -0.434. The fourth-order valence-corrected chi connectivity index (χ4v) is 3.74. The maximum absolute atomic E-state index is 13.2. The van der Waals surface area contributed by atoms with Crippen molar-refractivity contribution in [3.8, 4) is 5.69 Å². The lowest BCUT2D eigenvalue weighted by Crippen LogP contribution is -2.34. The normalized spacial score (nSPS) is 19.7. The molecule has 1 heterocycles. The number of hydrogen-bond acceptors (Lipinski definition) is 2. The molecule has 1 N–H and O–H groups in total. The van der Waals surface area contributed by atoms with Gasteiger partial charge in [-0.05, 0) is 60.7 Å². The van der Waals surface area contributed by atoms with E-state index < -0.39 is 6.10 Å². The number of aryl methyl sites for hydroxylation is 1. The summed E-state index contributed by atoms with van der Waals surface area (Å²) in [6.07, 6.45) is 7.84. The van der Waals surface area contributed by atoms with Crippen molar-refractivity contribution in [3.05, 3.63) is 89.5 Å². The standard InChI is InChI=1S/C23H23FN2O/c1-23(22(27)12-7-17-5-3-2-4-6-17)14-13-21-18(15-23)16-25-26(21)20-10-8-19(24)9-11-20/h2-6,8-11,13-14,16,22,27H,7,12,15H2,1H3/t22?,23-/m1/s1. The van der Waals surface area contributed by atoms with Gasteiger partial charge >= 0.3 is 0 Å². The van der Waals surface area contributed by atoms with E-state index in [9.17, 15) is 9.50 Å². The van der Waals surface area contributed by atoms with Crippen molar-refractivity contribution in [3.63, 3.8) is 0 Å². The smallest absolute Gasteiger partial charge is 0.123 e. The first kappa shape index (κ1) is 17.7. The summed E-state index contributed by atoms with van der Waals surface area (Å²) in [5.41, 5.74) is 3.84. The Labute approximate surface area is 158 Å². The van der Waals surface area contributed by atoms with Gasteiger partial charge in [-0.15, -0.1) is 0 Å². The monoisotopic (exact) mass is 362 g/mol. The molecule has 1 aromatic heterocycles.